The van der Waals surface area contributed by atoms with Gasteiger partial charge in [0.25, 0.3) is 5.56 Å². The number of piperazine rings is 1. The third kappa shape index (κ3) is 4.15. The number of H-pyrrole nitrogens is 1. The van der Waals surface area contributed by atoms with Crippen LogP contribution in [0.3, 0.4) is 0 Å². The molecule has 1 saturated heterocycles. The van der Waals surface area contributed by atoms with Crippen molar-refractivity contribution in [2.24, 2.45) is 4.99 Å². The molecule has 0 spiro atoms. The highest BCUT2D eigenvalue weighted by Gasteiger charge is 2.19. The molecule has 0 radical (unpaired) electrons. The van der Waals surface area contributed by atoms with Crippen LogP contribution in [0, 0.1) is 6.92 Å². The zero-order chi connectivity index (χ0) is 21.1. The maximum Gasteiger partial charge on any atom is 0.258 e. The molecule has 3 aliphatic rings. The summed E-state index contributed by atoms with van der Waals surface area (Å²) in [6, 6.07) is 16.0. The van der Waals surface area contributed by atoms with Crippen LogP contribution < -0.4 is 10.5 Å². The molecule has 1 fully saturated rings. The van der Waals surface area contributed by atoms with Gasteiger partial charge in [0.15, 0.2) is 0 Å². The number of aliphatic hydroxyl groups is 1. The smallest absolute Gasteiger partial charge is 0.258 e. The standard InChI is InChI=1S/C24H28N4O2/c1-17-8-9-19(28-12-10-27(11-13-28)14-15-29)16-22(17)25-18(2)23-20-6-4-3-5-7-21(20)26-24(23)30/h3-9,16,29H,10-15H2,1-2H3,(H,26,30). The van der Waals surface area contributed by atoms with Gasteiger partial charge in [0, 0.05) is 49.7 Å². The number of benzene rings is 1. The molecule has 1 aliphatic carbocycles. The lowest BCUT2D eigenvalue weighted by molar-refractivity contribution is 0.189. The molecule has 6 nitrogen and oxygen atoms in total. The number of hydrogen-bond acceptors (Lipinski definition) is 5. The number of nitrogens with zero attached hydrogens (tertiary/aromatic N) is 3. The largest absolute Gasteiger partial charge is 0.395 e. The van der Waals surface area contributed by atoms with Crippen molar-refractivity contribution in [3.63, 3.8) is 0 Å². The fourth-order valence-corrected chi connectivity index (χ4v) is 4.06. The van der Waals surface area contributed by atoms with Gasteiger partial charge < -0.3 is 15.0 Å². The van der Waals surface area contributed by atoms with Crippen molar-refractivity contribution in [1.29, 1.82) is 0 Å². The van der Waals surface area contributed by atoms with E-state index in [-0.39, 0.29) is 12.2 Å². The van der Waals surface area contributed by atoms with Crippen molar-refractivity contribution in [2.45, 2.75) is 13.8 Å². The van der Waals surface area contributed by atoms with Gasteiger partial charge in [0.2, 0.25) is 0 Å². The first kappa shape index (κ1) is 20.3. The molecule has 4 rings (SSSR count). The first-order chi connectivity index (χ1) is 14.6. The van der Waals surface area contributed by atoms with Gasteiger partial charge in [0.1, 0.15) is 0 Å². The lowest BCUT2D eigenvalue weighted by atomic mass is 10.1. The van der Waals surface area contributed by atoms with E-state index in [4.69, 9.17) is 10.1 Å². The predicted molar refractivity (Wildman–Crippen MR) is 122 cm³/mol. The van der Waals surface area contributed by atoms with Crippen LogP contribution in [0.2, 0.25) is 0 Å². The Kier molecular flexibility index (Phi) is 5.97. The monoisotopic (exact) mass is 404 g/mol. The number of aromatic nitrogens is 1. The van der Waals surface area contributed by atoms with Crippen LogP contribution in [0.1, 0.15) is 18.1 Å². The number of fused-ring (bicyclic) bond motifs is 1. The molecule has 30 heavy (non-hydrogen) atoms. The van der Waals surface area contributed by atoms with Crippen LogP contribution in [0.15, 0.2) is 58.3 Å². The Morgan fingerprint density at radius 1 is 1.10 bits per heavy atom. The molecule has 0 amide bonds. The SMILES string of the molecule is CC(=Nc1cc(N2CCN(CCO)CC2)ccc1C)c1c2cccccc-2[nH]c1=O. The fraction of sp³-hybridized carbons (Fsp3) is 0.333. The number of nitrogens with one attached hydrogen (secondary N) is 1. The highest BCUT2D eigenvalue weighted by atomic mass is 16.3. The Labute approximate surface area is 176 Å². The molecule has 0 atom stereocenters. The molecule has 156 valence electrons. The van der Waals surface area contributed by atoms with E-state index in [1.165, 1.54) is 0 Å². The summed E-state index contributed by atoms with van der Waals surface area (Å²) in [6.45, 7) is 8.62. The van der Waals surface area contributed by atoms with E-state index in [2.05, 4.69) is 33.0 Å². The number of rotatable bonds is 5. The molecule has 0 unspecified atom stereocenters. The van der Waals surface area contributed by atoms with E-state index in [9.17, 15) is 4.79 Å². The Morgan fingerprint density at radius 3 is 2.63 bits per heavy atom. The summed E-state index contributed by atoms with van der Waals surface area (Å²) in [7, 11) is 0. The molecular formula is C24H28N4O2. The van der Waals surface area contributed by atoms with Crippen molar-refractivity contribution in [3.8, 4) is 11.3 Å². The third-order valence-corrected chi connectivity index (χ3v) is 5.78. The lowest BCUT2D eigenvalue weighted by Crippen LogP contribution is -2.47. The van der Waals surface area contributed by atoms with E-state index in [0.717, 1.165) is 60.9 Å². The zero-order valence-electron chi connectivity index (χ0n) is 17.6. The Bertz CT molecular complexity index is 1080. The zero-order valence-corrected chi connectivity index (χ0v) is 17.6. The summed E-state index contributed by atoms with van der Waals surface area (Å²) >= 11 is 0. The number of aromatic amines is 1. The van der Waals surface area contributed by atoms with Crippen LogP contribution in [0.5, 0.6) is 0 Å². The number of aliphatic imine (C=N–C) groups is 1. The number of β-amino-alcohol motifs (C(OH)–C–C–N with tert-alkyl or cyclic N) is 1. The molecule has 0 saturated carbocycles. The Balaban J connectivity index is 1.63. The molecule has 1 aromatic carbocycles. The van der Waals surface area contributed by atoms with Gasteiger partial charge in [0.05, 0.1) is 23.6 Å². The van der Waals surface area contributed by atoms with Crippen molar-refractivity contribution in [2.75, 3.05) is 44.2 Å². The van der Waals surface area contributed by atoms with Gasteiger partial charge in [-0.3, -0.25) is 14.7 Å². The number of anilines is 1. The predicted octanol–water partition coefficient (Wildman–Crippen LogP) is 3.04. The van der Waals surface area contributed by atoms with Crippen LogP contribution >= 0.6 is 0 Å². The lowest BCUT2D eigenvalue weighted by Gasteiger charge is -2.36. The van der Waals surface area contributed by atoms with E-state index in [1.807, 2.05) is 44.2 Å². The first-order valence-corrected chi connectivity index (χ1v) is 10.4. The van der Waals surface area contributed by atoms with Gasteiger partial charge in [-0.05, 0) is 37.6 Å². The van der Waals surface area contributed by atoms with Crippen molar-refractivity contribution in [3.05, 3.63) is 70.0 Å². The van der Waals surface area contributed by atoms with Crippen molar-refractivity contribution in [1.82, 2.24) is 9.88 Å². The summed E-state index contributed by atoms with van der Waals surface area (Å²) in [5.74, 6) is 0. The number of aryl methyl sites for hydroxylation is 1. The summed E-state index contributed by atoms with van der Waals surface area (Å²) in [4.78, 5) is 25.0. The average molecular weight is 405 g/mol. The Morgan fingerprint density at radius 2 is 1.87 bits per heavy atom. The summed E-state index contributed by atoms with van der Waals surface area (Å²) in [5.41, 5.74) is 6.05. The van der Waals surface area contributed by atoms with Crippen LogP contribution in [-0.2, 0) is 0 Å². The van der Waals surface area contributed by atoms with Crippen molar-refractivity contribution >= 4 is 17.1 Å². The molecule has 2 heterocycles. The first-order valence-electron chi connectivity index (χ1n) is 10.4. The minimum absolute atomic E-state index is 0.105. The third-order valence-electron chi connectivity index (χ3n) is 5.78. The highest BCUT2D eigenvalue weighted by molar-refractivity contribution is 6.05. The topological polar surface area (TPSA) is 71.9 Å². The minimum atomic E-state index is -0.105. The maximum atomic E-state index is 12.6. The molecule has 2 N–H and O–H groups in total. The van der Waals surface area contributed by atoms with Crippen LogP contribution in [-0.4, -0.2) is 60.0 Å². The Hall–Kier alpha value is -2.96. The molecule has 6 heteroatoms. The van der Waals surface area contributed by atoms with Gasteiger partial charge >= 0.3 is 0 Å². The minimum Gasteiger partial charge on any atom is -0.395 e. The van der Waals surface area contributed by atoms with E-state index >= 15 is 0 Å². The molecule has 0 bridgehead atoms. The molecule has 2 aliphatic heterocycles. The number of hydrogen-bond donors (Lipinski definition) is 2. The highest BCUT2D eigenvalue weighted by Crippen LogP contribution is 2.28. The summed E-state index contributed by atoms with van der Waals surface area (Å²) in [5, 5.41) is 9.14. The van der Waals surface area contributed by atoms with Gasteiger partial charge in [-0.25, -0.2) is 0 Å². The normalized spacial score (nSPS) is 15.7. The second-order valence-electron chi connectivity index (χ2n) is 7.79. The van der Waals surface area contributed by atoms with E-state index in [1.54, 1.807) is 0 Å². The molecule has 0 aromatic heterocycles. The second kappa shape index (κ2) is 8.81. The average Bonchev–Trinajstić information content (AvgIpc) is 2.89. The van der Waals surface area contributed by atoms with Crippen LogP contribution in [0.25, 0.3) is 11.3 Å². The molecule has 1 aromatic rings. The second-order valence-corrected chi connectivity index (χ2v) is 7.79. The van der Waals surface area contributed by atoms with Gasteiger partial charge in [-0.2, -0.15) is 0 Å². The summed E-state index contributed by atoms with van der Waals surface area (Å²) in [6.07, 6.45) is 0. The van der Waals surface area contributed by atoms with E-state index in [0.29, 0.717) is 11.3 Å². The van der Waals surface area contributed by atoms with Gasteiger partial charge in [-0.1, -0.05) is 30.3 Å². The molecular weight excluding hydrogens is 376 g/mol. The quantitative estimate of drug-likeness (QED) is 0.641. The van der Waals surface area contributed by atoms with Crippen LogP contribution in [0.4, 0.5) is 11.4 Å². The van der Waals surface area contributed by atoms with E-state index < -0.39 is 0 Å². The van der Waals surface area contributed by atoms with Gasteiger partial charge in [-0.15, -0.1) is 0 Å². The fourth-order valence-electron chi connectivity index (χ4n) is 4.06. The van der Waals surface area contributed by atoms with Crippen molar-refractivity contribution < 1.29 is 5.11 Å². The summed E-state index contributed by atoms with van der Waals surface area (Å²) < 4.78 is 0. The number of aliphatic hydroxyl groups excluding tert-OH is 1. The maximum absolute atomic E-state index is 12.6.